The molecule has 1 aromatic rings. The van der Waals surface area contributed by atoms with Gasteiger partial charge in [-0.15, -0.1) is 0 Å². The number of aliphatic hydroxyl groups is 1. The highest BCUT2D eigenvalue weighted by atomic mass is 28.4. The summed E-state index contributed by atoms with van der Waals surface area (Å²) in [5, 5.41) is 9.80. The quantitative estimate of drug-likeness (QED) is 0.259. The van der Waals surface area contributed by atoms with Crippen molar-refractivity contribution >= 4 is 22.7 Å². The summed E-state index contributed by atoms with van der Waals surface area (Å²) in [6.45, 7) is 28.7. The van der Waals surface area contributed by atoms with Crippen LogP contribution < -0.4 is 0 Å². The van der Waals surface area contributed by atoms with Gasteiger partial charge in [0.15, 0.2) is 16.6 Å². The summed E-state index contributed by atoms with van der Waals surface area (Å²) in [7, 11) is -4.35. The first-order valence-electron chi connectivity index (χ1n) is 14.1. The summed E-state index contributed by atoms with van der Waals surface area (Å²) >= 11 is 0. The molecule has 6 nitrogen and oxygen atoms in total. The number of rotatable bonds is 12. The number of amides is 1. The largest absolute Gasteiger partial charge is 0.444 e. The van der Waals surface area contributed by atoms with Gasteiger partial charge in [0, 0.05) is 13.2 Å². The maximum Gasteiger partial charge on any atom is 0.411 e. The van der Waals surface area contributed by atoms with E-state index in [0.717, 1.165) is 5.56 Å². The van der Waals surface area contributed by atoms with Crippen LogP contribution >= 0.6 is 0 Å². The van der Waals surface area contributed by atoms with E-state index in [1.807, 2.05) is 56.0 Å². The molecule has 1 rings (SSSR count). The van der Waals surface area contributed by atoms with Crippen molar-refractivity contribution in [3.63, 3.8) is 0 Å². The van der Waals surface area contributed by atoms with Crippen LogP contribution in [0.1, 0.15) is 80.7 Å². The zero-order valence-corrected chi connectivity index (χ0v) is 28.6. The highest BCUT2D eigenvalue weighted by molar-refractivity contribution is 6.74. The lowest BCUT2D eigenvalue weighted by molar-refractivity contribution is -0.0203. The van der Waals surface area contributed by atoms with E-state index in [9.17, 15) is 9.90 Å². The minimum Gasteiger partial charge on any atom is -0.444 e. The van der Waals surface area contributed by atoms with E-state index in [0.29, 0.717) is 26.0 Å². The van der Waals surface area contributed by atoms with Crippen molar-refractivity contribution < 1.29 is 23.5 Å². The first-order chi connectivity index (χ1) is 17.1. The number of hydrogen-bond acceptors (Lipinski definition) is 5. The monoisotopic (exact) mass is 567 g/mol. The van der Waals surface area contributed by atoms with Gasteiger partial charge in [0.05, 0.1) is 18.8 Å². The van der Waals surface area contributed by atoms with E-state index >= 15 is 0 Å². The van der Waals surface area contributed by atoms with Crippen LogP contribution in [0.2, 0.25) is 36.3 Å². The lowest BCUT2D eigenvalue weighted by Gasteiger charge is -2.45. The molecule has 220 valence electrons. The molecule has 0 aliphatic carbocycles. The fraction of sp³-hybridized carbons (Fsp3) is 0.767. The van der Waals surface area contributed by atoms with Crippen molar-refractivity contribution in [1.29, 1.82) is 0 Å². The fourth-order valence-corrected chi connectivity index (χ4v) is 5.91. The van der Waals surface area contributed by atoms with Gasteiger partial charge in [-0.25, -0.2) is 4.79 Å². The Hall–Kier alpha value is -1.20. The molecule has 0 radical (unpaired) electrons. The molecule has 0 aromatic heterocycles. The van der Waals surface area contributed by atoms with Crippen molar-refractivity contribution in [2.24, 2.45) is 0 Å². The number of ether oxygens (including phenoxy) is 1. The second-order valence-electron chi connectivity index (χ2n) is 14.5. The smallest absolute Gasteiger partial charge is 0.411 e. The van der Waals surface area contributed by atoms with Crippen molar-refractivity contribution in [1.82, 2.24) is 4.90 Å². The summed E-state index contributed by atoms with van der Waals surface area (Å²) in [6, 6.07) is 9.63. The Morgan fingerprint density at radius 1 is 0.895 bits per heavy atom. The Bertz CT molecular complexity index is 854. The molecule has 38 heavy (non-hydrogen) atoms. The third kappa shape index (κ3) is 10.8. The summed E-state index contributed by atoms with van der Waals surface area (Å²) in [4.78, 5) is 15.6. The van der Waals surface area contributed by atoms with E-state index in [-0.39, 0.29) is 34.9 Å². The van der Waals surface area contributed by atoms with Gasteiger partial charge in [-0.3, -0.25) is 4.90 Å². The average molecular weight is 568 g/mol. The summed E-state index contributed by atoms with van der Waals surface area (Å²) < 4.78 is 19.8. The maximum atomic E-state index is 13.8. The van der Waals surface area contributed by atoms with Crippen LogP contribution in [0.25, 0.3) is 0 Å². The molecule has 2 atom stereocenters. The molecule has 0 saturated heterocycles. The fourth-order valence-electron chi connectivity index (χ4n) is 3.50. The van der Waals surface area contributed by atoms with Crippen LogP contribution in [0.3, 0.4) is 0 Å². The molecule has 0 heterocycles. The Labute approximate surface area is 235 Å². The normalized spacial score (nSPS) is 15.2. The van der Waals surface area contributed by atoms with Crippen LogP contribution in [0, 0.1) is 0 Å². The first kappa shape index (κ1) is 34.8. The van der Waals surface area contributed by atoms with Gasteiger partial charge in [-0.2, -0.15) is 0 Å². The number of hydrogen-bond donors (Lipinski definition) is 1. The van der Waals surface area contributed by atoms with Gasteiger partial charge < -0.3 is 18.7 Å². The number of carbonyl (C=O) groups is 1. The second-order valence-corrected chi connectivity index (χ2v) is 24.1. The van der Waals surface area contributed by atoms with Crippen molar-refractivity contribution in [3.8, 4) is 0 Å². The topological polar surface area (TPSA) is 68.2 Å². The molecule has 1 aromatic carbocycles. The first-order valence-corrected chi connectivity index (χ1v) is 19.9. The Morgan fingerprint density at radius 2 is 1.42 bits per heavy atom. The molecule has 0 aliphatic rings. The minimum absolute atomic E-state index is 0.00845. The van der Waals surface area contributed by atoms with Gasteiger partial charge in [0.25, 0.3) is 0 Å². The molecule has 0 unspecified atom stereocenters. The zero-order chi connectivity index (χ0) is 29.6. The number of benzene rings is 1. The van der Waals surface area contributed by atoms with Gasteiger partial charge in [-0.05, 0) is 75.4 Å². The van der Waals surface area contributed by atoms with Crippen LogP contribution in [0.15, 0.2) is 30.3 Å². The number of aliphatic hydroxyl groups excluding tert-OH is 1. The molecule has 0 fully saturated rings. The summed E-state index contributed by atoms with van der Waals surface area (Å²) in [5.74, 6) is 0. The Morgan fingerprint density at radius 3 is 1.87 bits per heavy atom. The Kier molecular flexibility index (Phi) is 12.3. The van der Waals surface area contributed by atoms with Crippen LogP contribution in [-0.2, 0) is 20.1 Å². The summed E-state index contributed by atoms with van der Waals surface area (Å²) in [5.41, 5.74) is 0.376. The highest BCUT2D eigenvalue weighted by Crippen LogP contribution is 2.40. The molecular weight excluding hydrogens is 511 g/mol. The van der Waals surface area contributed by atoms with Crippen molar-refractivity contribution in [2.75, 3.05) is 13.2 Å². The molecule has 1 N–H and O–H groups in total. The van der Waals surface area contributed by atoms with E-state index in [1.54, 1.807) is 0 Å². The van der Waals surface area contributed by atoms with Crippen LogP contribution in [0.4, 0.5) is 4.79 Å². The van der Waals surface area contributed by atoms with E-state index in [2.05, 4.69) is 67.7 Å². The van der Waals surface area contributed by atoms with Crippen molar-refractivity contribution in [2.45, 2.75) is 136 Å². The molecule has 0 bridgehead atoms. The van der Waals surface area contributed by atoms with E-state index in [4.69, 9.17) is 13.6 Å². The lowest BCUT2D eigenvalue weighted by Crippen LogP contribution is -2.57. The Balaban J connectivity index is 3.65. The predicted octanol–water partition coefficient (Wildman–Crippen LogP) is 7.98. The maximum absolute atomic E-state index is 13.8. The standard InChI is InChI=1S/C30H57NO5Si2/c1-28(2,3)35-27(33)31(22-24-18-15-14-16-19-24)25(23-34-37(10,11)29(4,5)6)26(20-17-21-32)36-38(12,13)30(7,8)9/h14-16,18-19,25-26,32H,17,20-23H2,1-13H3/t25-,26+/m1/s1. The third-order valence-corrected chi connectivity index (χ3v) is 17.0. The predicted molar refractivity (Wildman–Crippen MR) is 164 cm³/mol. The minimum atomic E-state index is -2.22. The average Bonchev–Trinajstić information content (AvgIpc) is 2.74. The van der Waals surface area contributed by atoms with Crippen LogP contribution in [-0.4, -0.2) is 63.7 Å². The van der Waals surface area contributed by atoms with Gasteiger partial charge in [0.2, 0.25) is 0 Å². The third-order valence-electron chi connectivity index (χ3n) is 7.97. The molecule has 0 spiro atoms. The molecule has 8 heteroatoms. The van der Waals surface area contributed by atoms with Crippen molar-refractivity contribution in [3.05, 3.63) is 35.9 Å². The lowest BCUT2D eigenvalue weighted by atomic mass is 10.0. The van der Waals surface area contributed by atoms with Gasteiger partial charge in [0.1, 0.15) is 5.60 Å². The van der Waals surface area contributed by atoms with Gasteiger partial charge in [-0.1, -0.05) is 71.9 Å². The SMILES string of the molecule is CC(C)(C)OC(=O)N(Cc1ccccc1)[C@H](CO[Si](C)(C)C(C)(C)C)[C@H](CCCO)O[Si](C)(C)C(C)(C)C. The molecule has 0 aliphatic heterocycles. The highest BCUT2D eigenvalue weighted by Gasteiger charge is 2.45. The van der Waals surface area contributed by atoms with Gasteiger partial charge >= 0.3 is 6.09 Å². The number of nitrogens with zero attached hydrogens (tertiary/aromatic N) is 1. The summed E-state index contributed by atoms with van der Waals surface area (Å²) in [6.07, 6.45) is 0.536. The number of carbonyl (C=O) groups excluding carboxylic acids is 1. The molecule has 0 saturated carbocycles. The van der Waals surface area contributed by atoms with E-state index < -0.39 is 22.2 Å². The second kappa shape index (κ2) is 13.4. The van der Waals surface area contributed by atoms with Crippen LogP contribution in [0.5, 0.6) is 0 Å². The zero-order valence-electron chi connectivity index (χ0n) is 26.6. The molecule has 1 amide bonds. The molecular formula is C30H57NO5Si2. The van der Waals surface area contributed by atoms with E-state index in [1.165, 1.54) is 0 Å².